The Bertz CT molecular complexity index is 505. The second kappa shape index (κ2) is 7.20. The predicted molar refractivity (Wildman–Crippen MR) is 81.3 cm³/mol. The molecule has 0 aliphatic carbocycles. The fourth-order valence-corrected chi connectivity index (χ4v) is 3.57. The summed E-state index contributed by atoms with van der Waals surface area (Å²) >= 11 is 0. The van der Waals surface area contributed by atoms with Gasteiger partial charge in [0, 0.05) is 13.1 Å². The van der Waals surface area contributed by atoms with Gasteiger partial charge < -0.3 is 4.90 Å². The van der Waals surface area contributed by atoms with Crippen molar-refractivity contribution in [1.82, 2.24) is 9.62 Å². The van der Waals surface area contributed by atoms with Crippen LogP contribution in [0.4, 0.5) is 0 Å². The summed E-state index contributed by atoms with van der Waals surface area (Å²) in [5.74, 6) is 0. The first-order valence-electron chi connectivity index (χ1n) is 7.43. The Labute approximate surface area is 122 Å². The SMILES string of the molecule is CCCc1ccc(S(=O)(=O)NCCN2CCCC2)cc1. The van der Waals surface area contributed by atoms with Crippen LogP contribution in [0.2, 0.25) is 0 Å². The average molecular weight is 296 g/mol. The van der Waals surface area contributed by atoms with Crippen LogP contribution in [-0.2, 0) is 16.4 Å². The third kappa shape index (κ3) is 4.30. The van der Waals surface area contributed by atoms with Crippen LogP contribution in [0.25, 0.3) is 0 Å². The number of likely N-dealkylation sites (tertiary alicyclic amines) is 1. The minimum absolute atomic E-state index is 0.360. The molecule has 112 valence electrons. The molecule has 0 bridgehead atoms. The normalized spacial score (nSPS) is 16.6. The molecule has 1 aromatic carbocycles. The molecule has 1 saturated heterocycles. The molecule has 0 spiro atoms. The number of sulfonamides is 1. The van der Waals surface area contributed by atoms with E-state index in [4.69, 9.17) is 0 Å². The standard InChI is InChI=1S/C15H24N2O2S/c1-2-5-14-6-8-15(9-7-14)20(18,19)16-10-13-17-11-3-4-12-17/h6-9,16H,2-5,10-13H2,1H3. The third-order valence-electron chi connectivity index (χ3n) is 3.69. The lowest BCUT2D eigenvalue weighted by molar-refractivity contribution is 0.344. The maximum absolute atomic E-state index is 12.1. The van der Waals surface area contributed by atoms with E-state index in [0.29, 0.717) is 11.4 Å². The van der Waals surface area contributed by atoms with Crippen molar-refractivity contribution in [2.24, 2.45) is 0 Å². The Morgan fingerprint density at radius 3 is 2.40 bits per heavy atom. The minimum atomic E-state index is -3.36. The van der Waals surface area contributed by atoms with Gasteiger partial charge in [-0.2, -0.15) is 0 Å². The van der Waals surface area contributed by atoms with E-state index in [9.17, 15) is 8.42 Å². The summed E-state index contributed by atoms with van der Waals surface area (Å²) in [6, 6.07) is 7.20. The molecule has 1 aromatic rings. The summed E-state index contributed by atoms with van der Waals surface area (Å²) in [5.41, 5.74) is 1.18. The Hall–Kier alpha value is -0.910. The summed E-state index contributed by atoms with van der Waals surface area (Å²) in [7, 11) is -3.36. The van der Waals surface area contributed by atoms with E-state index in [-0.39, 0.29) is 0 Å². The number of hydrogen-bond acceptors (Lipinski definition) is 3. The molecule has 1 fully saturated rings. The molecule has 0 atom stereocenters. The van der Waals surface area contributed by atoms with Crippen molar-refractivity contribution in [1.29, 1.82) is 0 Å². The van der Waals surface area contributed by atoms with Gasteiger partial charge in [-0.05, 0) is 50.0 Å². The Kier molecular flexibility index (Phi) is 5.57. The molecule has 4 nitrogen and oxygen atoms in total. The second-order valence-electron chi connectivity index (χ2n) is 5.34. The second-order valence-corrected chi connectivity index (χ2v) is 7.11. The molecule has 1 heterocycles. The highest BCUT2D eigenvalue weighted by atomic mass is 32.2. The van der Waals surface area contributed by atoms with Crippen LogP contribution >= 0.6 is 0 Å². The maximum atomic E-state index is 12.1. The quantitative estimate of drug-likeness (QED) is 0.837. The zero-order chi connectivity index (χ0) is 14.4. The van der Waals surface area contributed by atoms with Crippen LogP contribution < -0.4 is 4.72 Å². The van der Waals surface area contributed by atoms with E-state index in [1.807, 2.05) is 12.1 Å². The van der Waals surface area contributed by atoms with Gasteiger partial charge in [0.2, 0.25) is 10.0 Å². The molecule has 0 saturated carbocycles. The van der Waals surface area contributed by atoms with Crippen molar-refractivity contribution >= 4 is 10.0 Å². The lowest BCUT2D eigenvalue weighted by atomic mass is 10.1. The van der Waals surface area contributed by atoms with Crippen molar-refractivity contribution < 1.29 is 8.42 Å². The molecule has 2 rings (SSSR count). The molecule has 0 aromatic heterocycles. The Morgan fingerprint density at radius 1 is 1.15 bits per heavy atom. The fraction of sp³-hybridized carbons (Fsp3) is 0.600. The zero-order valence-corrected chi connectivity index (χ0v) is 13.0. The summed E-state index contributed by atoms with van der Waals surface area (Å²) in [6.07, 6.45) is 4.51. The van der Waals surface area contributed by atoms with Crippen LogP contribution in [-0.4, -0.2) is 39.5 Å². The third-order valence-corrected chi connectivity index (χ3v) is 5.17. The highest BCUT2D eigenvalue weighted by Gasteiger charge is 2.15. The molecule has 1 aliphatic rings. The smallest absolute Gasteiger partial charge is 0.240 e. The van der Waals surface area contributed by atoms with Crippen molar-refractivity contribution in [3.05, 3.63) is 29.8 Å². The Balaban J connectivity index is 1.88. The lowest BCUT2D eigenvalue weighted by Crippen LogP contribution is -2.33. The first-order valence-corrected chi connectivity index (χ1v) is 8.91. The van der Waals surface area contributed by atoms with E-state index in [2.05, 4.69) is 16.5 Å². The maximum Gasteiger partial charge on any atom is 0.240 e. The molecular weight excluding hydrogens is 272 g/mol. The minimum Gasteiger partial charge on any atom is -0.302 e. The number of benzene rings is 1. The first-order chi connectivity index (χ1) is 9.62. The Morgan fingerprint density at radius 2 is 1.80 bits per heavy atom. The largest absolute Gasteiger partial charge is 0.302 e. The van der Waals surface area contributed by atoms with Gasteiger partial charge in [-0.1, -0.05) is 25.5 Å². The molecule has 0 amide bonds. The average Bonchev–Trinajstić information content (AvgIpc) is 2.93. The van der Waals surface area contributed by atoms with E-state index in [1.54, 1.807) is 12.1 Å². The van der Waals surface area contributed by atoms with Crippen LogP contribution in [0, 0.1) is 0 Å². The van der Waals surface area contributed by atoms with Gasteiger partial charge in [-0.3, -0.25) is 0 Å². The van der Waals surface area contributed by atoms with Gasteiger partial charge in [0.25, 0.3) is 0 Å². The molecular formula is C15H24N2O2S. The summed E-state index contributed by atoms with van der Waals surface area (Å²) in [6.45, 7) is 5.58. The predicted octanol–water partition coefficient (Wildman–Crippen LogP) is 2.01. The van der Waals surface area contributed by atoms with E-state index >= 15 is 0 Å². The van der Waals surface area contributed by atoms with Crippen LogP contribution in [0.3, 0.4) is 0 Å². The van der Waals surface area contributed by atoms with Gasteiger partial charge in [0.1, 0.15) is 0 Å². The number of rotatable bonds is 7. The van der Waals surface area contributed by atoms with Gasteiger partial charge in [0.05, 0.1) is 4.90 Å². The van der Waals surface area contributed by atoms with E-state index < -0.39 is 10.0 Å². The molecule has 1 aliphatic heterocycles. The molecule has 0 radical (unpaired) electrons. The van der Waals surface area contributed by atoms with Crippen LogP contribution in [0.5, 0.6) is 0 Å². The number of hydrogen-bond donors (Lipinski definition) is 1. The van der Waals surface area contributed by atoms with Crippen molar-refractivity contribution in [3.63, 3.8) is 0 Å². The van der Waals surface area contributed by atoms with E-state index in [0.717, 1.165) is 32.5 Å². The molecule has 20 heavy (non-hydrogen) atoms. The van der Waals surface area contributed by atoms with Crippen LogP contribution in [0.1, 0.15) is 31.7 Å². The van der Waals surface area contributed by atoms with E-state index in [1.165, 1.54) is 18.4 Å². The zero-order valence-electron chi connectivity index (χ0n) is 12.1. The summed E-state index contributed by atoms with van der Waals surface area (Å²) in [5, 5.41) is 0. The van der Waals surface area contributed by atoms with Gasteiger partial charge in [0.15, 0.2) is 0 Å². The van der Waals surface area contributed by atoms with Gasteiger partial charge in [-0.25, -0.2) is 13.1 Å². The summed E-state index contributed by atoms with van der Waals surface area (Å²) in [4.78, 5) is 2.66. The highest BCUT2D eigenvalue weighted by Crippen LogP contribution is 2.12. The molecule has 0 unspecified atom stereocenters. The lowest BCUT2D eigenvalue weighted by Gasteiger charge is -2.15. The van der Waals surface area contributed by atoms with Gasteiger partial charge in [-0.15, -0.1) is 0 Å². The number of aryl methyl sites for hydroxylation is 1. The van der Waals surface area contributed by atoms with Crippen LogP contribution in [0.15, 0.2) is 29.2 Å². The topological polar surface area (TPSA) is 49.4 Å². The van der Waals surface area contributed by atoms with Gasteiger partial charge >= 0.3 is 0 Å². The monoisotopic (exact) mass is 296 g/mol. The molecule has 5 heteroatoms. The molecule has 1 N–H and O–H groups in total. The van der Waals surface area contributed by atoms with Crippen molar-refractivity contribution in [2.75, 3.05) is 26.2 Å². The van der Waals surface area contributed by atoms with Crippen molar-refractivity contribution in [3.8, 4) is 0 Å². The number of nitrogens with one attached hydrogen (secondary N) is 1. The fourth-order valence-electron chi connectivity index (χ4n) is 2.55. The summed E-state index contributed by atoms with van der Waals surface area (Å²) < 4.78 is 27.0. The van der Waals surface area contributed by atoms with Crippen molar-refractivity contribution in [2.45, 2.75) is 37.5 Å². The first kappa shape index (κ1) is 15.5. The highest BCUT2D eigenvalue weighted by molar-refractivity contribution is 7.89. The number of nitrogens with zero attached hydrogens (tertiary/aromatic N) is 1.